The molecule has 5 nitrogen and oxygen atoms in total. The molecule has 1 aromatic heterocycles. The van der Waals surface area contributed by atoms with E-state index in [-0.39, 0.29) is 12.2 Å². The quantitative estimate of drug-likeness (QED) is 0.934. The van der Waals surface area contributed by atoms with Crippen LogP contribution >= 0.6 is 11.8 Å². The average Bonchev–Trinajstić information content (AvgIpc) is 2.76. The van der Waals surface area contributed by atoms with Crippen molar-refractivity contribution in [3.05, 3.63) is 60.0 Å². The van der Waals surface area contributed by atoms with Crippen molar-refractivity contribution >= 4 is 32.8 Å². The summed E-state index contributed by atoms with van der Waals surface area (Å²) in [4.78, 5) is 8.21. The lowest BCUT2D eigenvalue weighted by atomic mass is 10.2. The van der Waals surface area contributed by atoms with Crippen LogP contribution in [0.5, 0.6) is 0 Å². The van der Waals surface area contributed by atoms with Gasteiger partial charge in [-0.05, 0) is 29.8 Å². The first kappa shape index (κ1) is 15.0. The SMILES string of the molecule is O=S1(=O)NC(=Nc2ccccn2)SC1Cc1ccc(F)cc1. The van der Waals surface area contributed by atoms with Gasteiger partial charge in [0.25, 0.3) is 0 Å². The summed E-state index contributed by atoms with van der Waals surface area (Å²) in [6.45, 7) is 0. The van der Waals surface area contributed by atoms with Gasteiger partial charge in [0.05, 0.1) is 0 Å². The Morgan fingerprint density at radius 2 is 2.00 bits per heavy atom. The van der Waals surface area contributed by atoms with Crippen molar-refractivity contribution in [3.63, 3.8) is 0 Å². The molecule has 22 heavy (non-hydrogen) atoms. The Morgan fingerprint density at radius 1 is 1.23 bits per heavy atom. The Bertz CT molecular complexity index is 793. The standard InChI is InChI=1S/C14H12FN3O2S2/c15-11-6-4-10(5-7-11)9-13-21-14(18-22(13,19)20)17-12-3-1-2-8-16-12/h1-8,13H,9H2,(H,16,17,18). The van der Waals surface area contributed by atoms with Crippen LogP contribution < -0.4 is 4.72 Å². The molecule has 2 aromatic rings. The van der Waals surface area contributed by atoms with Gasteiger partial charge in [-0.15, -0.1) is 0 Å². The fourth-order valence-corrected chi connectivity index (χ4v) is 4.91. The number of sulfonamides is 1. The molecule has 2 heterocycles. The number of halogens is 1. The number of amidine groups is 1. The Labute approximate surface area is 131 Å². The van der Waals surface area contributed by atoms with Crippen molar-refractivity contribution in [2.75, 3.05) is 0 Å². The maximum atomic E-state index is 12.9. The fourth-order valence-electron chi connectivity index (χ4n) is 1.94. The van der Waals surface area contributed by atoms with Crippen molar-refractivity contribution in [2.24, 2.45) is 4.99 Å². The normalized spacial score (nSPS) is 21.7. The highest BCUT2D eigenvalue weighted by molar-refractivity contribution is 8.26. The van der Waals surface area contributed by atoms with Crippen molar-refractivity contribution in [3.8, 4) is 0 Å². The summed E-state index contributed by atoms with van der Waals surface area (Å²) < 4.78 is 38.9. The molecule has 1 aliphatic heterocycles. The molecular weight excluding hydrogens is 325 g/mol. The van der Waals surface area contributed by atoms with Gasteiger partial charge in [0, 0.05) is 12.6 Å². The topological polar surface area (TPSA) is 71.4 Å². The summed E-state index contributed by atoms with van der Waals surface area (Å²) in [7, 11) is -3.50. The lowest BCUT2D eigenvalue weighted by Gasteiger charge is -2.06. The Balaban J connectivity index is 1.79. The largest absolute Gasteiger partial charge is 0.261 e. The van der Waals surface area contributed by atoms with Crippen LogP contribution in [0.3, 0.4) is 0 Å². The van der Waals surface area contributed by atoms with E-state index in [1.54, 1.807) is 36.5 Å². The second-order valence-electron chi connectivity index (χ2n) is 4.63. The van der Waals surface area contributed by atoms with E-state index in [2.05, 4.69) is 14.7 Å². The van der Waals surface area contributed by atoms with Crippen LogP contribution in [0.4, 0.5) is 10.2 Å². The van der Waals surface area contributed by atoms with Crippen LogP contribution in [0.2, 0.25) is 0 Å². The molecule has 1 fully saturated rings. The highest BCUT2D eigenvalue weighted by Crippen LogP contribution is 2.29. The van der Waals surface area contributed by atoms with Crippen LogP contribution in [0.1, 0.15) is 5.56 Å². The lowest BCUT2D eigenvalue weighted by Crippen LogP contribution is -2.26. The minimum absolute atomic E-state index is 0.279. The van der Waals surface area contributed by atoms with E-state index in [9.17, 15) is 12.8 Å². The minimum Gasteiger partial charge on any atom is -0.261 e. The molecule has 0 spiro atoms. The number of benzene rings is 1. The monoisotopic (exact) mass is 337 g/mol. The summed E-state index contributed by atoms with van der Waals surface area (Å²) in [5, 5.41) is 0.297. The molecule has 1 saturated heterocycles. The van der Waals surface area contributed by atoms with Crippen LogP contribution in [0, 0.1) is 5.82 Å². The number of thioether (sulfide) groups is 1. The van der Waals surface area contributed by atoms with Gasteiger partial charge in [-0.2, -0.15) is 0 Å². The molecule has 0 saturated carbocycles. The number of aromatic nitrogens is 1. The number of rotatable bonds is 3. The smallest absolute Gasteiger partial charge is 0.247 e. The number of pyridine rings is 1. The molecule has 8 heteroatoms. The van der Waals surface area contributed by atoms with Gasteiger partial charge in [-0.25, -0.2) is 22.8 Å². The second kappa shape index (κ2) is 6.05. The second-order valence-corrected chi connectivity index (χ2v) is 7.98. The molecule has 0 radical (unpaired) electrons. The van der Waals surface area contributed by atoms with Crippen molar-refractivity contribution < 1.29 is 12.8 Å². The predicted molar refractivity (Wildman–Crippen MR) is 84.9 cm³/mol. The van der Waals surface area contributed by atoms with E-state index in [0.29, 0.717) is 11.0 Å². The molecule has 1 aromatic carbocycles. The van der Waals surface area contributed by atoms with Crippen molar-refractivity contribution in [2.45, 2.75) is 11.0 Å². The molecule has 1 aliphatic rings. The molecule has 0 bridgehead atoms. The van der Waals surface area contributed by atoms with Crippen LogP contribution in [-0.4, -0.2) is 23.2 Å². The predicted octanol–water partition coefficient (Wildman–Crippen LogP) is 2.44. The Morgan fingerprint density at radius 3 is 2.68 bits per heavy atom. The van der Waals surface area contributed by atoms with E-state index in [1.165, 1.54) is 12.1 Å². The van der Waals surface area contributed by atoms with E-state index in [1.807, 2.05) is 0 Å². The zero-order chi connectivity index (χ0) is 15.6. The highest BCUT2D eigenvalue weighted by Gasteiger charge is 2.36. The van der Waals surface area contributed by atoms with E-state index in [4.69, 9.17) is 0 Å². The third-order valence-corrected chi connectivity index (χ3v) is 6.36. The first-order valence-corrected chi connectivity index (χ1v) is 8.88. The average molecular weight is 337 g/mol. The Hall–Kier alpha value is -1.93. The summed E-state index contributed by atoms with van der Waals surface area (Å²) in [6.07, 6.45) is 1.87. The van der Waals surface area contributed by atoms with Gasteiger partial charge in [-0.1, -0.05) is 30.0 Å². The van der Waals surface area contributed by atoms with Gasteiger partial charge in [0.1, 0.15) is 10.4 Å². The molecular formula is C14H12FN3O2S2. The number of aliphatic imine (C=N–C) groups is 1. The van der Waals surface area contributed by atoms with Crippen molar-refractivity contribution in [1.82, 2.24) is 9.71 Å². The molecule has 0 amide bonds. The first-order valence-electron chi connectivity index (χ1n) is 6.45. The number of hydrogen-bond acceptors (Lipinski definition) is 5. The van der Waals surface area contributed by atoms with Crippen LogP contribution in [0.25, 0.3) is 0 Å². The van der Waals surface area contributed by atoms with Gasteiger partial charge < -0.3 is 0 Å². The van der Waals surface area contributed by atoms with E-state index < -0.39 is 14.6 Å². The first-order chi connectivity index (χ1) is 10.5. The molecule has 1 unspecified atom stereocenters. The van der Waals surface area contributed by atoms with Gasteiger partial charge in [-0.3, -0.25) is 4.72 Å². The number of nitrogens with zero attached hydrogens (tertiary/aromatic N) is 2. The molecule has 114 valence electrons. The molecule has 0 aliphatic carbocycles. The molecule has 1 atom stereocenters. The van der Waals surface area contributed by atoms with Crippen LogP contribution in [0.15, 0.2) is 53.7 Å². The van der Waals surface area contributed by atoms with E-state index >= 15 is 0 Å². The number of nitrogens with one attached hydrogen (secondary N) is 1. The summed E-state index contributed by atoms with van der Waals surface area (Å²) in [5.74, 6) is 0.0938. The van der Waals surface area contributed by atoms with Gasteiger partial charge in [0.2, 0.25) is 10.0 Å². The Kier molecular flexibility index (Phi) is 4.12. The minimum atomic E-state index is -3.50. The molecule has 3 rings (SSSR count). The lowest BCUT2D eigenvalue weighted by molar-refractivity contribution is 0.590. The summed E-state index contributed by atoms with van der Waals surface area (Å²) in [6, 6.07) is 11.0. The summed E-state index contributed by atoms with van der Waals surface area (Å²) in [5.41, 5.74) is 0.753. The molecule has 1 N–H and O–H groups in total. The van der Waals surface area contributed by atoms with Crippen LogP contribution in [-0.2, 0) is 16.4 Å². The van der Waals surface area contributed by atoms with E-state index in [0.717, 1.165) is 17.3 Å². The third-order valence-electron chi connectivity index (χ3n) is 3.00. The maximum Gasteiger partial charge on any atom is 0.247 e. The summed E-state index contributed by atoms with van der Waals surface area (Å²) >= 11 is 1.13. The highest BCUT2D eigenvalue weighted by atomic mass is 32.3. The van der Waals surface area contributed by atoms with Crippen molar-refractivity contribution in [1.29, 1.82) is 0 Å². The van der Waals surface area contributed by atoms with Gasteiger partial charge >= 0.3 is 0 Å². The maximum absolute atomic E-state index is 12.9. The zero-order valence-electron chi connectivity index (χ0n) is 11.3. The number of hydrogen-bond donors (Lipinski definition) is 1. The zero-order valence-corrected chi connectivity index (χ0v) is 12.9. The fraction of sp³-hybridized carbons (Fsp3) is 0.143. The van der Waals surface area contributed by atoms with Gasteiger partial charge in [0.15, 0.2) is 11.0 Å². The third kappa shape index (κ3) is 3.45.